The summed E-state index contributed by atoms with van der Waals surface area (Å²) in [6.07, 6.45) is 2.13. The first kappa shape index (κ1) is 20.1. The molecule has 1 atom stereocenters. The summed E-state index contributed by atoms with van der Waals surface area (Å²) in [6, 6.07) is 9.77. The lowest BCUT2D eigenvalue weighted by Crippen LogP contribution is -2.47. The van der Waals surface area contributed by atoms with E-state index in [0.29, 0.717) is 18.7 Å². The Morgan fingerprint density at radius 3 is 2.67 bits per heavy atom. The van der Waals surface area contributed by atoms with E-state index in [4.69, 9.17) is 0 Å². The van der Waals surface area contributed by atoms with Crippen LogP contribution in [0.4, 0.5) is 13.2 Å². The van der Waals surface area contributed by atoms with Crippen molar-refractivity contribution in [2.45, 2.75) is 38.6 Å². The molecule has 156 valence electrons. The summed E-state index contributed by atoms with van der Waals surface area (Å²) in [5, 5.41) is 7.99. The lowest BCUT2D eigenvalue weighted by atomic mass is 9.90. The van der Waals surface area contributed by atoms with Gasteiger partial charge < -0.3 is 4.90 Å². The van der Waals surface area contributed by atoms with Crippen LogP contribution in [0.25, 0.3) is 5.69 Å². The number of halogens is 3. The van der Waals surface area contributed by atoms with Crippen molar-refractivity contribution in [3.63, 3.8) is 0 Å². The van der Waals surface area contributed by atoms with Crippen LogP contribution in [-0.2, 0) is 6.42 Å². The summed E-state index contributed by atoms with van der Waals surface area (Å²) in [5.74, 6) is -2.55. The third-order valence-electron chi connectivity index (χ3n) is 5.71. The zero-order chi connectivity index (χ0) is 21.5. The second kappa shape index (κ2) is 7.59. The standard InChI is InChI=1S/C22H21F3N4O/c1-14-20(26-27-29(14)17-7-8-18(24)19(25)12-17)21(30)28-10-4-9-22(28,2)13-15-5-3-6-16(23)11-15/h3,5-8,11-12H,4,9-10,13H2,1-2H3. The molecule has 0 saturated carbocycles. The molecule has 30 heavy (non-hydrogen) atoms. The van der Waals surface area contributed by atoms with E-state index in [1.807, 2.05) is 13.0 Å². The van der Waals surface area contributed by atoms with Crippen LogP contribution >= 0.6 is 0 Å². The van der Waals surface area contributed by atoms with E-state index in [1.54, 1.807) is 17.9 Å². The Hall–Kier alpha value is -3.16. The summed E-state index contributed by atoms with van der Waals surface area (Å²) < 4.78 is 41.8. The fraction of sp³-hybridized carbons (Fsp3) is 0.318. The monoisotopic (exact) mass is 414 g/mol. The van der Waals surface area contributed by atoms with Gasteiger partial charge in [-0.25, -0.2) is 17.9 Å². The SMILES string of the molecule is Cc1c(C(=O)N2CCCC2(C)Cc2cccc(F)c2)nnn1-c1ccc(F)c(F)c1. The number of amides is 1. The quantitative estimate of drug-likeness (QED) is 0.642. The van der Waals surface area contributed by atoms with Crippen molar-refractivity contribution < 1.29 is 18.0 Å². The minimum absolute atomic E-state index is 0.159. The Morgan fingerprint density at radius 2 is 1.93 bits per heavy atom. The average molecular weight is 414 g/mol. The van der Waals surface area contributed by atoms with Crippen LogP contribution < -0.4 is 0 Å². The topological polar surface area (TPSA) is 51.0 Å². The highest BCUT2D eigenvalue weighted by molar-refractivity contribution is 5.94. The van der Waals surface area contributed by atoms with Crippen LogP contribution in [0, 0.1) is 24.4 Å². The molecule has 4 rings (SSSR count). The number of rotatable bonds is 4. The molecule has 1 unspecified atom stereocenters. The van der Waals surface area contributed by atoms with Gasteiger partial charge in [-0.3, -0.25) is 4.79 Å². The molecule has 0 bridgehead atoms. The van der Waals surface area contributed by atoms with E-state index >= 15 is 0 Å². The second-order valence-electron chi connectivity index (χ2n) is 7.90. The van der Waals surface area contributed by atoms with Gasteiger partial charge in [-0.05, 0) is 62.9 Å². The molecule has 5 nitrogen and oxygen atoms in total. The van der Waals surface area contributed by atoms with Gasteiger partial charge in [0.05, 0.1) is 11.4 Å². The minimum Gasteiger partial charge on any atom is -0.331 e. The van der Waals surface area contributed by atoms with E-state index in [0.717, 1.165) is 30.5 Å². The van der Waals surface area contributed by atoms with Crippen LogP contribution in [0.3, 0.4) is 0 Å². The Balaban J connectivity index is 1.62. The number of benzene rings is 2. The highest BCUT2D eigenvalue weighted by Crippen LogP contribution is 2.34. The van der Waals surface area contributed by atoms with E-state index in [2.05, 4.69) is 10.3 Å². The lowest BCUT2D eigenvalue weighted by Gasteiger charge is -2.35. The summed E-state index contributed by atoms with van der Waals surface area (Å²) in [4.78, 5) is 15.1. The Labute approximate surface area is 172 Å². The number of nitrogens with zero attached hydrogens (tertiary/aromatic N) is 4. The van der Waals surface area contributed by atoms with Crippen molar-refractivity contribution >= 4 is 5.91 Å². The number of carbonyl (C=O) groups excluding carboxylic acids is 1. The molecule has 0 N–H and O–H groups in total. The minimum atomic E-state index is -1.00. The van der Waals surface area contributed by atoms with Gasteiger partial charge >= 0.3 is 0 Å². The molecule has 0 spiro atoms. The summed E-state index contributed by atoms with van der Waals surface area (Å²) in [5.41, 5.74) is 1.21. The number of carbonyl (C=O) groups is 1. The van der Waals surface area contributed by atoms with E-state index in [1.165, 1.54) is 22.9 Å². The molecule has 1 aliphatic rings. The van der Waals surface area contributed by atoms with Gasteiger partial charge in [-0.15, -0.1) is 5.10 Å². The zero-order valence-electron chi connectivity index (χ0n) is 16.7. The highest BCUT2D eigenvalue weighted by Gasteiger charge is 2.41. The molecule has 1 aliphatic heterocycles. The third-order valence-corrected chi connectivity index (χ3v) is 5.71. The fourth-order valence-corrected chi connectivity index (χ4v) is 4.16. The molecule has 1 amide bonds. The molecule has 2 heterocycles. The van der Waals surface area contributed by atoms with Gasteiger partial charge in [0.25, 0.3) is 5.91 Å². The lowest BCUT2D eigenvalue weighted by molar-refractivity contribution is 0.0617. The maximum Gasteiger partial charge on any atom is 0.276 e. The number of hydrogen-bond donors (Lipinski definition) is 0. The van der Waals surface area contributed by atoms with Crippen LogP contribution in [-0.4, -0.2) is 37.9 Å². The van der Waals surface area contributed by atoms with Gasteiger partial charge in [0.15, 0.2) is 17.3 Å². The molecule has 0 aliphatic carbocycles. The predicted octanol–water partition coefficient (Wildman–Crippen LogP) is 4.23. The molecule has 1 saturated heterocycles. The van der Waals surface area contributed by atoms with Gasteiger partial charge in [0.1, 0.15) is 5.82 Å². The maximum atomic E-state index is 13.6. The van der Waals surface area contributed by atoms with Crippen LogP contribution in [0.1, 0.15) is 41.5 Å². The molecular formula is C22H21F3N4O. The molecule has 1 aromatic heterocycles. The molecule has 3 aromatic rings. The van der Waals surface area contributed by atoms with Crippen molar-refractivity contribution in [2.24, 2.45) is 0 Å². The zero-order valence-corrected chi connectivity index (χ0v) is 16.7. The molecule has 1 fully saturated rings. The third kappa shape index (κ3) is 3.58. The van der Waals surface area contributed by atoms with Gasteiger partial charge in [-0.2, -0.15) is 0 Å². The summed E-state index contributed by atoms with van der Waals surface area (Å²) in [7, 11) is 0. The van der Waals surface area contributed by atoms with E-state index in [9.17, 15) is 18.0 Å². The summed E-state index contributed by atoms with van der Waals surface area (Å²) >= 11 is 0. The van der Waals surface area contributed by atoms with Crippen LogP contribution in [0.5, 0.6) is 0 Å². The predicted molar refractivity (Wildman–Crippen MR) is 105 cm³/mol. The smallest absolute Gasteiger partial charge is 0.276 e. The average Bonchev–Trinajstić information content (AvgIpc) is 3.26. The molecule has 0 radical (unpaired) electrons. The number of hydrogen-bond acceptors (Lipinski definition) is 3. The summed E-state index contributed by atoms with van der Waals surface area (Å²) in [6.45, 7) is 4.20. The normalized spacial score (nSPS) is 18.8. The Kier molecular flexibility index (Phi) is 5.09. The molecular weight excluding hydrogens is 393 g/mol. The second-order valence-corrected chi connectivity index (χ2v) is 7.90. The van der Waals surface area contributed by atoms with E-state index < -0.39 is 17.2 Å². The maximum absolute atomic E-state index is 13.6. The van der Waals surface area contributed by atoms with Crippen molar-refractivity contribution in [3.05, 3.63) is 76.9 Å². The van der Waals surface area contributed by atoms with Gasteiger partial charge in [0, 0.05) is 18.2 Å². The first-order chi connectivity index (χ1) is 14.3. The van der Waals surface area contributed by atoms with Crippen LogP contribution in [0.15, 0.2) is 42.5 Å². The highest BCUT2D eigenvalue weighted by atomic mass is 19.2. The Bertz CT molecular complexity index is 1110. The largest absolute Gasteiger partial charge is 0.331 e. The van der Waals surface area contributed by atoms with Crippen molar-refractivity contribution in [1.29, 1.82) is 0 Å². The van der Waals surface area contributed by atoms with Crippen molar-refractivity contribution in [1.82, 2.24) is 19.9 Å². The van der Waals surface area contributed by atoms with Gasteiger partial charge in [-0.1, -0.05) is 17.3 Å². The molecule has 8 heteroatoms. The van der Waals surface area contributed by atoms with Crippen molar-refractivity contribution in [3.8, 4) is 5.69 Å². The number of likely N-dealkylation sites (tertiary alicyclic amines) is 1. The Morgan fingerprint density at radius 1 is 1.13 bits per heavy atom. The fourth-order valence-electron chi connectivity index (χ4n) is 4.16. The van der Waals surface area contributed by atoms with Crippen LogP contribution in [0.2, 0.25) is 0 Å². The first-order valence-electron chi connectivity index (χ1n) is 9.73. The van der Waals surface area contributed by atoms with Gasteiger partial charge in [0.2, 0.25) is 0 Å². The van der Waals surface area contributed by atoms with Crippen molar-refractivity contribution in [2.75, 3.05) is 6.54 Å². The molecule has 2 aromatic carbocycles. The number of aromatic nitrogens is 3. The van der Waals surface area contributed by atoms with E-state index in [-0.39, 0.29) is 23.1 Å². The first-order valence-corrected chi connectivity index (χ1v) is 9.73.